The predicted octanol–water partition coefficient (Wildman–Crippen LogP) is 3.88. The molecule has 0 saturated carbocycles. The van der Waals surface area contributed by atoms with E-state index in [1.807, 2.05) is 54.8 Å². The van der Waals surface area contributed by atoms with Crippen molar-refractivity contribution in [3.05, 3.63) is 58.6 Å². The van der Waals surface area contributed by atoms with Crippen LogP contribution in [-0.2, 0) is 4.79 Å². The van der Waals surface area contributed by atoms with E-state index >= 15 is 0 Å². The predicted molar refractivity (Wildman–Crippen MR) is 114 cm³/mol. The van der Waals surface area contributed by atoms with Crippen LogP contribution < -0.4 is 11.1 Å². The van der Waals surface area contributed by atoms with Gasteiger partial charge < -0.3 is 5.73 Å². The fraction of sp³-hybridized carbons (Fsp3) is 0.200. The lowest BCUT2D eigenvalue weighted by molar-refractivity contribution is -0.119. The van der Waals surface area contributed by atoms with Crippen LogP contribution in [0.15, 0.2) is 47.6 Å². The third-order valence-electron chi connectivity index (χ3n) is 4.25. The molecule has 150 valence electrons. The van der Waals surface area contributed by atoms with Gasteiger partial charge in [-0.2, -0.15) is 0 Å². The van der Waals surface area contributed by atoms with Gasteiger partial charge in [0, 0.05) is 5.56 Å². The van der Waals surface area contributed by atoms with Crippen LogP contribution in [0.2, 0.25) is 5.02 Å². The fourth-order valence-electron chi connectivity index (χ4n) is 2.78. The van der Waals surface area contributed by atoms with Crippen LogP contribution in [-0.4, -0.2) is 32.0 Å². The summed E-state index contributed by atoms with van der Waals surface area (Å²) >= 11 is 7.59. The van der Waals surface area contributed by atoms with Crippen molar-refractivity contribution in [2.45, 2.75) is 31.2 Å². The Hall–Kier alpha value is -2.84. The van der Waals surface area contributed by atoms with E-state index in [2.05, 4.69) is 15.5 Å². The van der Waals surface area contributed by atoms with Crippen molar-refractivity contribution >= 4 is 35.3 Å². The SMILES string of the molecule is Cc1ccc(C)c(-n2c(SC(C)C(=O)NC(N)=O)nnc2-c2ccccc2Cl)c1. The lowest BCUT2D eigenvalue weighted by Crippen LogP contribution is -2.39. The number of primary amides is 1. The highest BCUT2D eigenvalue weighted by Crippen LogP contribution is 2.34. The normalized spacial score (nSPS) is 11.9. The highest BCUT2D eigenvalue weighted by molar-refractivity contribution is 8.00. The number of nitrogens with two attached hydrogens (primary N) is 1. The summed E-state index contributed by atoms with van der Waals surface area (Å²) in [5.74, 6) is 0.0617. The molecule has 0 fully saturated rings. The molecule has 0 bridgehead atoms. The molecule has 0 saturated heterocycles. The summed E-state index contributed by atoms with van der Waals surface area (Å²) in [7, 11) is 0. The first kappa shape index (κ1) is 20.9. The van der Waals surface area contributed by atoms with E-state index in [4.69, 9.17) is 17.3 Å². The number of thioether (sulfide) groups is 1. The maximum absolute atomic E-state index is 12.1. The fourth-order valence-corrected chi connectivity index (χ4v) is 3.86. The monoisotopic (exact) mass is 429 g/mol. The third-order valence-corrected chi connectivity index (χ3v) is 5.62. The second-order valence-corrected chi connectivity index (χ2v) is 8.24. The number of aryl methyl sites for hydroxylation is 2. The molecule has 3 rings (SSSR count). The molecule has 0 spiro atoms. The summed E-state index contributed by atoms with van der Waals surface area (Å²) < 4.78 is 1.88. The number of carbonyl (C=O) groups excluding carboxylic acids is 2. The molecule has 3 amide bonds. The number of hydrogen-bond acceptors (Lipinski definition) is 5. The minimum Gasteiger partial charge on any atom is -0.351 e. The van der Waals surface area contributed by atoms with Gasteiger partial charge in [-0.1, -0.05) is 47.6 Å². The van der Waals surface area contributed by atoms with Gasteiger partial charge in [0.1, 0.15) is 0 Å². The van der Waals surface area contributed by atoms with Gasteiger partial charge in [-0.3, -0.25) is 14.7 Å². The number of imide groups is 1. The zero-order valence-electron chi connectivity index (χ0n) is 16.1. The summed E-state index contributed by atoms with van der Waals surface area (Å²) in [4.78, 5) is 23.1. The lowest BCUT2D eigenvalue weighted by Gasteiger charge is -2.16. The van der Waals surface area contributed by atoms with Crippen molar-refractivity contribution in [3.63, 3.8) is 0 Å². The Morgan fingerprint density at radius 2 is 1.90 bits per heavy atom. The Labute approximate surface area is 177 Å². The molecule has 0 aliphatic carbocycles. The van der Waals surface area contributed by atoms with E-state index in [1.165, 1.54) is 11.8 Å². The van der Waals surface area contributed by atoms with E-state index in [0.717, 1.165) is 22.4 Å². The molecule has 0 radical (unpaired) electrons. The number of amides is 3. The molecule has 1 unspecified atom stereocenters. The molecule has 2 aromatic carbocycles. The van der Waals surface area contributed by atoms with Gasteiger partial charge >= 0.3 is 6.03 Å². The third kappa shape index (κ3) is 4.60. The van der Waals surface area contributed by atoms with Gasteiger partial charge in [0.25, 0.3) is 0 Å². The van der Waals surface area contributed by atoms with E-state index in [9.17, 15) is 9.59 Å². The Morgan fingerprint density at radius 3 is 2.59 bits per heavy atom. The summed E-state index contributed by atoms with van der Waals surface area (Å²) in [6.07, 6.45) is 0. The molecule has 1 heterocycles. The minimum absolute atomic E-state index is 0.501. The van der Waals surface area contributed by atoms with E-state index in [0.29, 0.717) is 16.0 Å². The van der Waals surface area contributed by atoms with Crippen molar-refractivity contribution in [2.24, 2.45) is 5.73 Å². The summed E-state index contributed by atoms with van der Waals surface area (Å²) in [5, 5.41) is 11.2. The number of rotatable bonds is 5. The summed E-state index contributed by atoms with van der Waals surface area (Å²) in [6, 6.07) is 12.5. The molecule has 7 nitrogen and oxygen atoms in total. The van der Waals surface area contributed by atoms with Gasteiger partial charge in [-0.05, 0) is 50.1 Å². The zero-order valence-corrected chi connectivity index (χ0v) is 17.7. The number of nitrogens with zero attached hydrogens (tertiary/aromatic N) is 3. The molecule has 3 aromatic rings. The van der Waals surface area contributed by atoms with Gasteiger partial charge in [0.05, 0.1) is 16.0 Å². The maximum Gasteiger partial charge on any atom is 0.318 e. The Morgan fingerprint density at radius 1 is 1.17 bits per heavy atom. The van der Waals surface area contributed by atoms with E-state index < -0.39 is 17.2 Å². The molecular weight excluding hydrogens is 410 g/mol. The smallest absolute Gasteiger partial charge is 0.318 e. The Kier molecular flexibility index (Phi) is 6.24. The largest absolute Gasteiger partial charge is 0.351 e. The van der Waals surface area contributed by atoms with Gasteiger partial charge in [-0.25, -0.2) is 4.79 Å². The average Bonchev–Trinajstić information content (AvgIpc) is 3.06. The first-order valence-electron chi connectivity index (χ1n) is 8.83. The van der Waals surface area contributed by atoms with Gasteiger partial charge in [-0.15, -0.1) is 10.2 Å². The summed E-state index contributed by atoms with van der Waals surface area (Å²) in [5.41, 5.74) is 8.74. The number of hydrogen-bond donors (Lipinski definition) is 2. The second kappa shape index (κ2) is 8.67. The topological polar surface area (TPSA) is 103 Å². The minimum atomic E-state index is -0.893. The van der Waals surface area contributed by atoms with E-state index in [1.54, 1.807) is 13.0 Å². The molecular formula is C20H20ClN5O2S. The first-order valence-corrected chi connectivity index (χ1v) is 10.1. The van der Waals surface area contributed by atoms with Gasteiger partial charge in [0.15, 0.2) is 11.0 Å². The maximum atomic E-state index is 12.1. The van der Waals surface area contributed by atoms with Crippen LogP contribution >= 0.6 is 23.4 Å². The second-order valence-electron chi connectivity index (χ2n) is 6.52. The zero-order chi connectivity index (χ0) is 21.1. The number of benzene rings is 2. The molecule has 3 N–H and O–H groups in total. The number of urea groups is 1. The highest BCUT2D eigenvalue weighted by Gasteiger charge is 2.24. The first-order chi connectivity index (χ1) is 13.8. The standard InChI is InChI=1S/C20H20ClN5O2S/c1-11-8-9-12(2)16(10-11)26-17(14-6-4-5-7-15(14)21)24-25-20(26)29-13(3)18(27)23-19(22)28/h4-10,13H,1-3H3,(H3,22,23,27,28). The van der Waals surface area contributed by atoms with Crippen LogP contribution in [0.3, 0.4) is 0 Å². The van der Waals surface area contributed by atoms with Crippen molar-refractivity contribution in [3.8, 4) is 17.1 Å². The van der Waals surface area contributed by atoms with Crippen LogP contribution in [0, 0.1) is 13.8 Å². The Bertz CT molecular complexity index is 1080. The number of halogens is 1. The highest BCUT2D eigenvalue weighted by atomic mass is 35.5. The van der Waals surface area contributed by atoms with E-state index in [-0.39, 0.29) is 0 Å². The number of aromatic nitrogens is 3. The molecule has 1 aromatic heterocycles. The molecule has 1 atom stereocenters. The average molecular weight is 430 g/mol. The number of nitrogens with one attached hydrogen (secondary N) is 1. The van der Waals surface area contributed by atoms with Crippen molar-refractivity contribution in [1.82, 2.24) is 20.1 Å². The quantitative estimate of drug-likeness (QED) is 0.599. The lowest BCUT2D eigenvalue weighted by atomic mass is 10.1. The Balaban J connectivity index is 2.13. The summed E-state index contributed by atoms with van der Waals surface area (Å²) in [6.45, 7) is 5.65. The molecule has 0 aliphatic rings. The van der Waals surface area contributed by atoms with Crippen LogP contribution in [0.5, 0.6) is 0 Å². The number of carbonyl (C=O) groups is 2. The molecule has 0 aliphatic heterocycles. The van der Waals surface area contributed by atoms with Gasteiger partial charge in [0.2, 0.25) is 5.91 Å². The van der Waals surface area contributed by atoms with Crippen molar-refractivity contribution < 1.29 is 9.59 Å². The van der Waals surface area contributed by atoms with Crippen molar-refractivity contribution in [2.75, 3.05) is 0 Å². The van der Waals surface area contributed by atoms with Crippen molar-refractivity contribution in [1.29, 1.82) is 0 Å². The molecule has 29 heavy (non-hydrogen) atoms. The van der Waals surface area contributed by atoms with Crippen LogP contribution in [0.1, 0.15) is 18.1 Å². The molecule has 9 heteroatoms. The van der Waals surface area contributed by atoms with Crippen LogP contribution in [0.4, 0.5) is 4.79 Å². The van der Waals surface area contributed by atoms with Crippen LogP contribution in [0.25, 0.3) is 17.1 Å².